The maximum absolute atomic E-state index is 14.5. The Hall–Kier alpha value is -6.77. The monoisotopic (exact) mass is 998 g/mol. The Bertz CT molecular complexity index is 2940. The molecule has 0 saturated heterocycles. The molecule has 0 radical (unpaired) electrons. The van der Waals surface area contributed by atoms with Crippen molar-refractivity contribution in [1.29, 1.82) is 0 Å². The van der Waals surface area contributed by atoms with Crippen LogP contribution in [0.5, 0.6) is 34.5 Å². The number of pyridine rings is 4. The summed E-state index contributed by atoms with van der Waals surface area (Å²) in [6.45, 7) is 7.76. The summed E-state index contributed by atoms with van der Waals surface area (Å²) in [5.41, 5.74) is 5.44. The molecule has 65 heavy (non-hydrogen) atoms. The van der Waals surface area contributed by atoms with Crippen LogP contribution in [0.1, 0.15) is 42.1 Å². The van der Waals surface area contributed by atoms with Crippen molar-refractivity contribution in [3.8, 4) is 34.5 Å². The molecule has 0 atom stereocenters. The minimum absolute atomic E-state index is 0.0394. The van der Waals surface area contributed by atoms with Crippen LogP contribution in [0.3, 0.4) is 0 Å². The van der Waals surface area contributed by atoms with E-state index >= 15 is 0 Å². The molecule has 5 aromatic heterocycles. The summed E-state index contributed by atoms with van der Waals surface area (Å²) in [7, 11) is 0. The van der Waals surface area contributed by atoms with Gasteiger partial charge in [-0.05, 0) is 0 Å². The van der Waals surface area contributed by atoms with Gasteiger partial charge in [-0.15, -0.1) is 0 Å². The number of ether oxygens (including phenoxy) is 2. The predicted molar refractivity (Wildman–Crippen MR) is 246 cm³/mol. The SMILES string of the molecule is Cc1ccc2cccc([O][Ga]([O]C(=O)c3sc(C(=O)[O][Ga]([O]c4cccc5ccc(C)nc45)[O]c4cccc5ccc(C)nc45)c4c3OCCO4)[O]c3cccc4ccc(C)nc34)c2n1. The van der Waals surface area contributed by atoms with Crippen LogP contribution in [0, 0.1) is 27.7 Å². The zero-order valence-electron chi connectivity index (χ0n) is 35.4. The van der Waals surface area contributed by atoms with Gasteiger partial charge in [-0.25, -0.2) is 0 Å². The third-order valence-electron chi connectivity index (χ3n) is 10.4. The number of aromatic nitrogens is 4. The number of carbonyl (C=O) groups is 2. The summed E-state index contributed by atoms with van der Waals surface area (Å²) in [5, 5.41) is 3.33. The number of hydrogen-bond donors (Lipinski definition) is 0. The van der Waals surface area contributed by atoms with Crippen molar-refractivity contribution in [2.45, 2.75) is 27.7 Å². The number of aryl methyl sites for hydroxylation is 4. The summed E-state index contributed by atoms with van der Waals surface area (Å²) < 4.78 is 50.6. The Morgan fingerprint density at radius 1 is 0.446 bits per heavy atom. The van der Waals surface area contributed by atoms with Crippen molar-refractivity contribution in [3.05, 3.63) is 154 Å². The molecule has 320 valence electrons. The van der Waals surface area contributed by atoms with Crippen LogP contribution in [0.4, 0.5) is 0 Å². The van der Waals surface area contributed by atoms with E-state index in [4.69, 9.17) is 50.6 Å². The molecule has 0 amide bonds. The summed E-state index contributed by atoms with van der Waals surface area (Å²) >= 11 is -7.60. The van der Waals surface area contributed by atoms with Crippen molar-refractivity contribution >= 4 is 102 Å². The van der Waals surface area contributed by atoms with Crippen LogP contribution < -0.4 is 23.6 Å². The molecule has 4 aromatic carbocycles. The average molecular weight is 1000 g/mol. The number of para-hydroxylation sites is 4. The molecule has 9 aromatic rings. The Balaban J connectivity index is 0.991. The Labute approximate surface area is 388 Å². The fourth-order valence-electron chi connectivity index (χ4n) is 7.31. The molecule has 0 aliphatic carbocycles. The van der Waals surface area contributed by atoms with E-state index < -0.39 is 46.6 Å². The van der Waals surface area contributed by atoms with Gasteiger partial charge in [0, 0.05) is 0 Å². The third-order valence-corrected chi connectivity index (χ3v) is 16.9. The van der Waals surface area contributed by atoms with Gasteiger partial charge in [0.1, 0.15) is 0 Å². The number of fused-ring (bicyclic) bond motifs is 5. The number of nitrogens with zero attached hydrogens (tertiary/aromatic N) is 4. The van der Waals surface area contributed by atoms with Crippen molar-refractivity contribution in [2.24, 2.45) is 0 Å². The zero-order valence-corrected chi connectivity index (χ0v) is 41.1. The van der Waals surface area contributed by atoms with E-state index in [0.29, 0.717) is 45.1 Å². The maximum atomic E-state index is 14.5. The predicted octanol–water partition coefficient (Wildman–Crippen LogP) is 9.55. The standard InChI is InChI=1S/4C10H9NO.C8H6O6S.2Ga/c4*1-7-5-6-8-3-2-4-9(12)10(8)11-7;9-7(10)5-3-4(14-2-1-13-3)6(15-5)8(11)12;;/h4*2-6,12H,1H3;1-2H2,(H,9,10)(H,11,12);;/q;;;;;2*+3/p-6. The minimum atomic E-state index is -4.20. The summed E-state index contributed by atoms with van der Waals surface area (Å²) in [5.74, 6) is -0.0561. The molecule has 0 N–H and O–H groups in total. The third kappa shape index (κ3) is 8.88. The van der Waals surface area contributed by atoms with Gasteiger partial charge in [-0.2, -0.15) is 0 Å². The fourth-order valence-corrected chi connectivity index (χ4v) is 13.8. The van der Waals surface area contributed by atoms with Gasteiger partial charge in [0.2, 0.25) is 0 Å². The molecular formula is C48H36Ga2N4O10S. The van der Waals surface area contributed by atoms with Crippen LogP contribution in [0.25, 0.3) is 43.6 Å². The molecule has 17 heteroatoms. The molecular weight excluding hydrogens is 964 g/mol. The zero-order chi connectivity index (χ0) is 44.6. The van der Waals surface area contributed by atoms with Gasteiger partial charge in [0.15, 0.2) is 0 Å². The Kier molecular flexibility index (Phi) is 11.7. The Morgan fingerprint density at radius 2 is 0.738 bits per heavy atom. The quantitative estimate of drug-likeness (QED) is 0.107. The van der Waals surface area contributed by atoms with Crippen LogP contribution in [-0.2, 0) is 7.06 Å². The molecule has 0 fully saturated rings. The van der Waals surface area contributed by atoms with Gasteiger partial charge in [0.25, 0.3) is 0 Å². The van der Waals surface area contributed by atoms with Crippen molar-refractivity contribution in [3.63, 3.8) is 0 Å². The van der Waals surface area contributed by atoms with Crippen molar-refractivity contribution in [1.82, 2.24) is 19.9 Å². The second-order valence-electron chi connectivity index (χ2n) is 15.1. The van der Waals surface area contributed by atoms with Crippen molar-refractivity contribution in [2.75, 3.05) is 13.2 Å². The van der Waals surface area contributed by atoms with Gasteiger partial charge < -0.3 is 0 Å². The van der Waals surface area contributed by atoms with E-state index in [1.54, 1.807) is 24.3 Å². The van der Waals surface area contributed by atoms with Crippen LogP contribution >= 0.6 is 11.3 Å². The molecule has 1 aliphatic heterocycles. The summed E-state index contributed by atoms with van der Waals surface area (Å²) in [4.78, 5) is 47.8. The van der Waals surface area contributed by atoms with Gasteiger partial charge in [0.05, 0.1) is 0 Å². The fraction of sp³-hybridized carbons (Fsp3) is 0.125. The van der Waals surface area contributed by atoms with E-state index in [0.717, 1.165) is 55.7 Å². The first-order valence-corrected chi connectivity index (χ1v) is 27.3. The number of carbonyl (C=O) groups excluding carboxylic acids is 2. The normalized spacial score (nSPS) is 11.9. The van der Waals surface area contributed by atoms with Crippen molar-refractivity contribution < 1.29 is 40.2 Å². The molecule has 6 heterocycles. The molecule has 14 nitrogen and oxygen atoms in total. The second kappa shape index (κ2) is 18.0. The molecule has 10 rings (SSSR count). The van der Waals surface area contributed by atoms with Gasteiger partial charge in [-0.1, -0.05) is 0 Å². The molecule has 0 unspecified atom stereocenters. The van der Waals surface area contributed by atoms with Crippen LogP contribution in [0.2, 0.25) is 0 Å². The van der Waals surface area contributed by atoms with Gasteiger partial charge in [-0.3, -0.25) is 0 Å². The van der Waals surface area contributed by atoms with Crippen LogP contribution in [0.15, 0.2) is 121 Å². The number of hydrogen-bond acceptors (Lipinski definition) is 15. The molecule has 0 saturated carbocycles. The average Bonchev–Trinajstić information content (AvgIpc) is 3.70. The first-order chi connectivity index (χ1) is 31.6. The van der Waals surface area contributed by atoms with E-state index in [-0.39, 0.29) is 34.5 Å². The second-order valence-corrected chi connectivity index (χ2v) is 21.5. The van der Waals surface area contributed by atoms with Gasteiger partial charge >= 0.3 is 391 Å². The topological polar surface area (TPSA) is 160 Å². The number of rotatable bonds is 12. The van der Waals surface area contributed by atoms with Crippen LogP contribution in [-0.4, -0.2) is 79.7 Å². The first-order valence-electron chi connectivity index (χ1n) is 20.6. The molecule has 1 aliphatic rings. The Morgan fingerprint density at radius 3 is 1.03 bits per heavy atom. The first kappa shape index (κ1) is 42.2. The molecule has 0 spiro atoms. The number of thiophene rings is 1. The van der Waals surface area contributed by atoms with E-state index in [9.17, 15) is 9.59 Å². The van der Waals surface area contributed by atoms with E-state index in [1.165, 1.54) is 0 Å². The van der Waals surface area contributed by atoms with E-state index in [1.807, 2.05) is 125 Å². The molecule has 0 bridgehead atoms. The number of benzene rings is 4. The summed E-state index contributed by atoms with van der Waals surface area (Å²) in [6.07, 6.45) is 0. The van der Waals surface area contributed by atoms with E-state index in [2.05, 4.69) is 0 Å². The summed E-state index contributed by atoms with van der Waals surface area (Å²) in [6, 6.07) is 37.4.